The molecule has 5 nitrogen and oxygen atoms in total. The summed E-state index contributed by atoms with van der Waals surface area (Å²) in [5, 5.41) is 4.54. The second kappa shape index (κ2) is 6.36. The fraction of sp³-hybridized carbons (Fsp3) is 0.0625. The van der Waals surface area contributed by atoms with Gasteiger partial charge in [-0.3, -0.25) is 4.79 Å². The molecular formula is C16H11ClN2O3S. The maximum Gasteiger partial charge on any atom is 0.337 e. The van der Waals surface area contributed by atoms with E-state index in [0.717, 1.165) is 5.56 Å². The molecule has 116 valence electrons. The number of carbonyl (C=O) groups excluding carboxylic acids is 1. The minimum atomic E-state index is -0.490. The number of halogens is 1. The van der Waals surface area contributed by atoms with Crippen molar-refractivity contribution in [2.45, 2.75) is 0 Å². The third-order valence-electron chi connectivity index (χ3n) is 3.19. The molecule has 0 saturated carbocycles. The average Bonchev–Trinajstić information content (AvgIpc) is 3.06. The van der Waals surface area contributed by atoms with Gasteiger partial charge in [0.05, 0.1) is 28.6 Å². The van der Waals surface area contributed by atoms with E-state index in [9.17, 15) is 9.59 Å². The number of hydrogen-bond donors (Lipinski definition) is 1. The summed E-state index contributed by atoms with van der Waals surface area (Å²) in [5.74, 6) is -0.243. The monoisotopic (exact) mass is 346 g/mol. The van der Waals surface area contributed by atoms with Gasteiger partial charge in [-0.15, -0.1) is 0 Å². The number of benzene rings is 1. The minimum absolute atomic E-state index is 0.248. The van der Waals surface area contributed by atoms with Gasteiger partial charge in [-0.1, -0.05) is 11.6 Å². The van der Waals surface area contributed by atoms with Crippen molar-refractivity contribution in [2.24, 2.45) is 0 Å². The van der Waals surface area contributed by atoms with Crippen molar-refractivity contribution in [1.29, 1.82) is 0 Å². The van der Waals surface area contributed by atoms with Gasteiger partial charge in [-0.25, -0.2) is 9.78 Å². The van der Waals surface area contributed by atoms with Gasteiger partial charge in [-0.05, 0) is 46.7 Å². The molecule has 0 amide bonds. The topological polar surface area (TPSA) is 72.1 Å². The van der Waals surface area contributed by atoms with E-state index in [0.29, 0.717) is 21.5 Å². The first-order chi connectivity index (χ1) is 11.1. The van der Waals surface area contributed by atoms with E-state index < -0.39 is 5.97 Å². The number of rotatable bonds is 3. The number of fused-ring (bicyclic) bond motifs is 1. The summed E-state index contributed by atoms with van der Waals surface area (Å²) in [6, 6.07) is 6.47. The van der Waals surface area contributed by atoms with E-state index in [2.05, 4.69) is 14.7 Å². The van der Waals surface area contributed by atoms with Crippen LogP contribution >= 0.6 is 22.9 Å². The maximum atomic E-state index is 12.2. The zero-order valence-corrected chi connectivity index (χ0v) is 13.6. The second-order valence-corrected chi connectivity index (χ2v) is 5.87. The molecule has 0 unspecified atom stereocenters. The zero-order chi connectivity index (χ0) is 16.4. The standard InChI is InChI=1S/C16H11ClN2O3S/c1-22-16(21)10-2-3-11-13(7-10)18-14(19-15(11)20)12(17)6-9-4-5-23-8-9/h2-8H,1H3,(H,18,19,20)/b12-6-. The zero-order valence-electron chi connectivity index (χ0n) is 12.0. The maximum absolute atomic E-state index is 12.2. The van der Waals surface area contributed by atoms with Gasteiger partial charge in [0.15, 0.2) is 5.82 Å². The van der Waals surface area contributed by atoms with Crippen LogP contribution in [-0.2, 0) is 4.74 Å². The van der Waals surface area contributed by atoms with E-state index in [-0.39, 0.29) is 11.4 Å². The molecule has 3 rings (SSSR count). The summed E-state index contributed by atoms with van der Waals surface area (Å²) < 4.78 is 4.67. The number of thiophene rings is 1. The number of aromatic amines is 1. The summed E-state index contributed by atoms with van der Waals surface area (Å²) >= 11 is 7.78. The SMILES string of the molecule is COC(=O)c1ccc2c(=O)[nH]c(/C(Cl)=C/c3ccsc3)nc2c1. The van der Waals surface area contributed by atoms with Crippen molar-refractivity contribution in [3.05, 3.63) is 62.3 Å². The van der Waals surface area contributed by atoms with E-state index in [1.807, 2.05) is 16.8 Å². The number of H-pyrrole nitrogens is 1. The fourth-order valence-electron chi connectivity index (χ4n) is 2.07. The number of methoxy groups -OCH3 is 1. The van der Waals surface area contributed by atoms with Gasteiger partial charge in [0, 0.05) is 0 Å². The van der Waals surface area contributed by atoms with Crippen molar-refractivity contribution < 1.29 is 9.53 Å². The summed E-state index contributed by atoms with van der Waals surface area (Å²) in [6.07, 6.45) is 1.71. The Morgan fingerprint density at radius 1 is 1.39 bits per heavy atom. The molecule has 0 aliphatic carbocycles. The Labute approximate surface area is 140 Å². The van der Waals surface area contributed by atoms with Crippen molar-refractivity contribution in [3.63, 3.8) is 0 Å². The molecule has 7 heteroatoms. The largest absolute Gasteiger partial charge is 0.465 e. The van der Waals surface area contributed by atoms with Crippen molar-refractivity contribution >= 4 is 50.9 Å². The highest BCUT2D eigenvalue weighted by molar-refractivity contribution is 7.08. The van der Waals surface area contributed by atoms with Crippen molar-refractivity contribution in [2.75, 3.05) is 7.11 Å². The van der Waals surface area contributed by atoms with E-state index >= 15 is 0 Å². The first kappa shape index (κ1) is 15.5. The summed E-state index contributed by atoms with van der Waals surface area (Å²) in [5.41, 5.74) is 1.30. The Morgan fingerprint density at radius 3 is 2.91 bits per heavy atom. The molecular weight excluding hydrogens is 336 g/mol. The first-order valence-corrected chi connectivity index (χ1v) is 7.93. The third kappa shape index (κ3) is 3.18. The Morgan fingerprint density at radius 2 is 2.22 bits per heavy atom. The highest BCUT2D eigenvalue weighted by Crippen LogP contribution is 2.21. The molecule has 2 heterocycles. The first-order valence-electron chi connectivity index (χ1n) is 6.60. The van der Waals surface area contributed by atoms with Gasteiger partial charge in [-0.2, -0.15) is 11.3 Å². The van der Waals surface area contributed by atoms with Gasteiger partial charge in [0.1, 0.15) is 0 Å². The number of aromatic nitrogens is 2. The number of esters is 1. The van der Waals surface area contributed by atoms with Crippen LogP contribution in [0, 0.1) is 0 Å². The van der Waals surface area contributed by atoms with Gasteiger partial charge in [0.2, 0.25) is 0 Å². The lowest BCUT2D eigenvalue weighted by molar-refractivity contribution is 0.0601. The molecule has 1 aromatic carbocycles. The average molecular weight is 347 g/mol. The fourth-order valence-corrected chi connectivity index (χ4v) is 2.90. The second-order valence-electron chi connectivity index (χ2n) is 4.69. The van der Waals surface area contributed by atoms with Gasteiger partial charge >= 0.3 is 5.97 Å². The normalized spacial score (nSPS) is 11.7. The molecule has 0 spiro atoms. The predicted molar refractivity (Wildman–Crippen MR) is 91.7 cm³/mol. The molecule has 2 aromatic heterocycles. The molecule has 0 radical (unpaired) electrons. The van der Waals surface area contributed by atoms with Crippen LogP contribution in [0.15, 0.2) is 39.8 Å². The molecule has 0 aliphatic heterocycles. The lowest BCUT2D eigenvalue weighted by atomic mass is 10.1. The highest BCUT2D eigenvalue weighted by Gasteiger charge is 2.11. The van der Waals surface area contributed by atoms with Crippen LogP contribution < -0.4 is 5.56 Å². The summed E-state index contributed by atoms with van der Waals surface area (Å²) in [6.45, 7) is 0. The highest BCUT2D eigenvalue weighted by atomic mass is 35.5. The molecule has 0 atom stereocenters. The number of hydrogen-bond acceptors (Lipinski definition) is 5. The Bertz CT molecular complexity index is 961. The number of carbonyl (C=O) groups is 1. The molecule has 0 aliphatic rings. The lowest BCUT2D eigenvalue weighted by Gasteiger charge is -2.04. The molecule has 3 aromatic rings. The Balaban J connectivity index is 2.12. The Hall–Kier alpha value is -2.44. The molecule has 0 saturated heterocycles. The van der Waals surface area contributed by atoms with E-state index in [1.54, 1.807) is 17.4 Å². The molecule has 23 heavy (non-hydrogen) atoms. The van der Waals surface area contributed by atoms with Crippen LogP contribution in [0.5, 0.6) is 0 Å². The van der Waals surface area contributed by atoms with Crippen molar-refractivity contribution in [1.82, 2.24) is 9.97 Å². The smallest absolute Gasteiger partial charge is 0.337 e. The van der Waals surface area contributed by atoms with Crippen LogP contribution in [0.25, 0.3) is 22.0 Å². The molecule has 0 bridgehead atoms. The predicted octanol–water partition coefficient (Wildman–Crippen LogP) is 3.51. The molecule has 1 N–H and O–H groups in total. The van der Waals surface area contributed by atoms with E-state index in [4.69, 9.17) is 11.6 Å². The quantitative estimate of drug-likeness (QED) is 0.737. The van der Waals surface area contributed by atoms with Crippen LogP contribution in [0.1, 0.15) is 21.7 Å². The van der Waals surface area contributed by atoms with Crippen LogP contribution in [-0.4, -0.2) is 23.0 Å². The van der Waals surface area contributed by atoms with Gasteiger partial charge < -0.3 is 9.72 Å². The minimum Gasteiger partial charge on any atom is -0.465 e. The summed E-state index contributed by atoms with van der Waals surface area (Å²) in [4.78, 5) is 30.7. The van der Waals surface area contributed by atoms with Crippen LogP contribution in [0.3, 0.4) is 0 Å². The number of ether oxygens (including phenoxy) is 1. The Kier molecular flexibility index (Phi) is 4.27. The van der Waals surface area contributed by atoms with Crippen LogP contribution in [0.2, 0.25) is 0 Å². The van der Waals surface area contributed by atoms with Crippen LogP contribution in [0.4, 0.5) is 0 Å². The third-order valence-corrected chi connectivity index (χ3v) is 4.18. The lowest BCUT2D eigenvalue weighted by Crippen LogP contribution is -2.11. The number of nitrogens with zero attached hydrogens (tertiary/aromatic N) is 1. The van der Waals surface area contributed by atoms with E-state index in [1.165, 1.54) is 25.3 Å². The summed E-state index contributed by atoms with van der Waals surface area (Å²) in [7, 11) is 1.30. The van der Waals surface area contributed by atoms with Crippen molar-refractivity contribution in [3.8, 4) is 0 Å². The molecule has 0 fully saturated rings. The van der Waals surface area contributed by atoms with Gasteiger partial charge in [0.25, 0.3) is 5.56 Å². The number of nitrogens with one attached hydrogen (secondary N) is 1.